The predicted molar refractivity (Wildman–Crippen MR) is 131 cm³/mol. The van der Waals surface area contributed by atoms with Crippen molar-refractivity contribution in [2.75, 3.05) is 0 Å². The van der Waals surface area contributed by atoms with E-state index in [2.05, 4.69) is 4.98 Å². The van der Waals surface area contributed by atoms with E-state index in [9.17, 15) is 14.7 Å². The van der Waals surface area contributed by atoms with Gasteiger partial charge in [0.15, 0.2) is 5.78 Å². The van der Waals surface area contributed by atoms with E-state index in [0.717, 1.165) is 17.2 Å². The number of carboxylic acids is 1. The van der Waals surface area contributed by atoms with Crippen LogP contribution in [0.2, 0.25) is 0 Å². The topological polar surface area (TPSA) is 96.7 Å². The van der Waals surface area contributed by atoms with Gasteiger partial charge in [-0.05, 0) is 60.4 Å². The molecule has 0 saturated heterocycles. The maximum Gasteiger partial charge on any atom is 0.328 e. The molecule has 2 N–H and O–H groups in total. The molecular weight excluding hydrogens is 430 g/mol. The molecule has 6 heteroatoms. The van der Waals surface area contributed by atoms with Gasteiger partial charge in [-0.25, -0.2) is 4.79 Å². The molecule has 1 aromatic heterocycles. The van der Waals surface area contributed by atoms with E-state index in [1.807, 2.05) is 32.0 Å². The van der Waals surface area contributed by atoms with Crippen molar-refractivity contribution in [1.29, 1.82) is 0 Å². The first kappa shape index (κ1) is 22.7. The molecule has 34 heavy (non-hydrogen) atoms. The number of aryl methyl sites for hydroxylation is 2. The highest BCUT2D eigenvalue weighted by atomic mass is 16.5. The number of pyridine rings is 1. The second-order valence-electron chi connectivity index (χ2n) is 7.84. The van der Waals surface area contributed by atoms with Crippen LogP contribution in [0.1, 0.15) is 39.5 Å². The third-order valence-corrected chi connectivity index (χ3v) is 5.52. The molecule has 0 amide bonds. The number of phenols is 1. The van der Waals surface area contributed by atoms with Crippen LogP contribution in [0.15, 0.2) is 72.9 Å². The number of hydrogen-bond acceptors (Lipinski definition) is 5. The van der Waals surface area contributed by atoms with E-state index in [4.69, 9.17) is 9.84 Å². The first-order chi connectivity index (χ1) is 16.4. The number of fused-ring (bicyclic) bond motifs is 1. The maximum absolute atomic E-state index is 13.6. The van der Waals surface area contributed by atoms with Crippen LogP contribution >= 0.6 is 0 Å². The Kier molecular flexibility index (Phi) is 6.41. The normalized spacial score (nSPS) is 11.1. The minimum absolute atomic E-state index is 0.0621. The summed E-state index contributed by atoms with van der Waals surface area (Å²) in [6.07, 6.45) is 4.75. The van der Waals surface area contributed by atoms with E-state index in [-0.39, 0.29) is 11.5 Å². The number of ether oxygens (including phenoxy) is 1. The summed E-state index contributed by atoms with van der Waals surface area (Å²) in [5, 5.41) is 19.4. The third kappa shape index (κ3) is 4.66. The number of carbonyl (C=O) groups is 2. The van der Waals surface area contributed by atoms with Crippen LogP contribution in [0.4, 0.5) is 0 Å². The molecule has 0 atom stereocenters. The number of hydrogen-bond donors (Lipinski definition) is 2. The second-order valence-corrected chi connectivity index (χ2v) is 7.84. The lowest BCUT2D eigenvalue weighted by Crippen LogP contribution is -2.08. The number of aromatic hydroxyl groups is 1. The van der Waals surface area contributed by atoms with Gasteiger partial charge in [-0.3, -0.25) is 9.78 Å². The average Bonchev–Trinajstić information content (AvgIpc) is 2.83. The van der Waals surface area contributed by atoms with Gasteiger partial charge in [-0.15, -0.1) is 0 Å². The van der Waals surface area contributed by atoms with Gasteiger partial charge in [0.05, 0.1) is 11.1 Å². The molecule has 170 valence electrons. The molecular formula is C28H23NO5. The summed E-state index contributed by atoms with van der Waals surface area (Å²) >= 11 is 0. The zero-order valence-corrected chi connectivity index (χ0v) is 18.8. The number of carboxylic acid groups (broad SMARTS) is 1. The largest absolute Gasteiger partial charge is 0.508 e. The molecule has 0 radical (unpaired) electrons. The Hall–Kier alpha value is -4.45. The van der Waals surface area contributed by atoms with E-state index in [1.54, 1.807) is 30.3 Å². The van der Waals surface area contributed by atoms with Crippen molar-refractivity contribution in [2.24, 2.45) is 0 Å². The minimum Gasteiger partial charge on any atom is -0.508 e. The Bertz CT molecular complexity index is 1440. The number of benzene rings is 3. The van der Waals surface area contributed by atoms with Gasteiger partial charge in [-0.1, -0.05) is 37.3 Å². The van der Waals surface area contributed by atoms with E-state index >= 15 is 0 Å². The highest BCUT2D eigenvalue weighted by molar-refractivity contribution is 6.14. The fraction of sp³-hybridized carbons (Fsp3) is 0.107. The van der Waals surface area contributed by atoms with E-state index in [0.29, 0.717) is 45.5 Å². The second kappa shape index (κ2) is 9.58. The molecule has 4 rings (SSSR count). The van der Waals surface area contributed by atoms with Gasteiger partial charge in [0, 0.05) is 29.3 Å². The summed E-state index contributed by atoms with van der Waals surface area (Å²) in [6.45, 7) is 3.84. The lowest BCUT2D eigenvalue weighted by molar-refractivity contribution is -0.131. The molecule has 0 fully saturated rings. The number of rotatable bonds is 7. The molecule has 0 unspecified atom stereocenters. The molecule has 1 heterocycles. The molecule has 0 spiro atoms. The zero-order valence-electron chi connectivity index (χ0n) is 18.8. The van der Waals surface area contributed by atoms with Gasteiger partial charge < -0.3 is 14.9 Å². The Labute approximate surface area is 196 Å². The van der Waals surface area contributed by atoms with Crippen molar-refractivity contribution in [3.8, 4) is 17.2 Å². The van der Waals surface area contributed by atoms with Crippen molar-refractivity contribution in [3.63, 3.8) is 0 Å². The van der Waals surface area contributed by atoms with Crippen LogP contribution in [0, 0.1) is 6.92 Å². The molecule has 3 aromatic carbocycles. The Morgan fingerprint density at radius 1 is 1.03 bits per heavy atom. The smallest absolute Gasteiger partial charge is 0.328 e. The van der Waals surface area contributed by atoms with Crippen LogP contribution in [0.3, 0.4) is 0 Å². The summed E-state index contributed by atoms with van der Waals surface area (Å²) in [7, 11) is 0. The van der Waals surface area contributed by atoms with Crippen LogP contribution in [0.5, 0.6) is 17.2 Å². The zero-order chi connectivity index (χ0) is 24.2. The van der Waals surface area contributed by atoms with Crippen molar-refractivity contribution in [3.05, 3.63) is 101 Å². The van der Waals surface area contributed by atoms with Gasteiger partial charge in [0.2, 0.25) is 0 Å². The van der Waals surface area contributed by atoms with Crippen molar-refractivity contribution >= 4 is 28.7 Å². The first-order valence-corrected chi connectivity index (χ1v) is 10.8. The number of nitrogens with zero attached hydrogens (tertiary/aromatic N) is 1. The SMILES string of the molecule is CCc1ccccc1C(=O)c1cnc2cc(O)ccc2c1Oc1ccc(/C=C/C(=O)O)cc1C. The van der Waals surface area contributed by atoms with Crippen molar-refractivity contribution < 1.29 is 24.5 Å². The standard InChI is InChI=1S/C28H23NO5/c1-3-19-6-4-5-7-21(19)27(33)23-16-29-24-15-20(30)10-11-22(24)28(23)34-25-12-8-18(14-17(25)2)9-13-26(31)32/h4-16,30H,3H2,1-2H3,(H,31,32)/b13-9+. The Morgan fingerprint density at radius 3 is 2.56 bits per heavy atom. The minimum atomic E-state index is -1.03. The molecule has 6 nitrogen and oxygen atoms in total. The summed E-state index contributed by atoms with van der Waals surface area (Å²) in [5.41, 5.74) is 3.80. The van der Waals surface area contributed by atoms with Gasteiger partial charge in [0.1, 0.15) is 17.2 Å². The number of aliphatic carboxylic acids is 1. The quantitative estimate of drug-likeness (QED) is 0.266. The third-order valence-electron chi connectivity index (χ3n) is 5.52. The lowest BCUT2D eigenvalue weighted by Gasteiger charge is -2.16. The Morgan fingerprint density at radius 2 is 1.82 bits per heavy atom. The summed E-state index contributed by atoms with van der Waals surface area (Å²) in [5.74, 6) is -0.301. The van der Waals surface area contributed by atoms with Gasteiger partial charge >= 0.3 is 5.97 Å². The molecule has 0 bridgehead atoms. The van der Waals surface area contributed by atoms with Crippen molar-refractivity contribution in [1.82, 2.24) is 4.98 Å². The summed E-state index contributed by atoms with van der Waals surface area (Å²) < 4.78 is 6.31. The first-order valence-electron chi connectivity index (χ1n) is 10.8. The molecule has 0 saturated carbocycles. The van der Waals surface area contributed by atoms with Gasteiger partial charge in [-0.2, -0.15) is 0 Å². The molecule has 4 aromatic rings. The van der Waals surface area contributed by atoms with Crippen LogP contribution in [0.25, 0.3) is 17.0 Å². The number of phenolic OH excluding ortho intramolecular Hbond substituents is 1. The fourth-order valence-electron chi connectivity index (χ4n) is 3.79. The highest BCUT2D eigenvalue weighted by Crippen LogP contribution is 2.37. The lowest BCUT2D eigenvalue weighted by atomic mass is 9.96. The predicted octanol–water partition coefficient (Wildman–Crippen LogP) is 5.93. The van der Waals surface area contributed by atoms with Crippen LogP contribution in [-0.4, -0.2) is 26.9 Å². The number of aromatic nitrogens is 1. The van der Waals surface area contributed by atoms with E-state index < -0.39 is 5.97 Å². The number of ketones is 1. The fourth-order valence-corrected chi connectivity index (χ4v) is 3.79. The van der Waals surface area contributed by atoms with Gasteiger partial charge in [0.25, 0.3) is 0 Å². The summed E-state index contributed by atoms with van der Waals surface area (Å²) in [6, 6.07) is 17.4. The van der Waals surface area contributed by atoms with E-state index in [1.165, 1.54) is 24.4 Å². The van der Waals surface area contributed by atoms with Crippen LogP contribution < -0.4 is 4.74 Å². The Balaban J connectivity index is 1.84. The molecule has 0 aliphatic carbocycles. The molecule has 0 aliphatic heterocycles. The monoisotopic (exact) mass is 453 g/mol. The maximum atomic E-state index is 13.6. The van der Waals surface area contributed by atoms with Crippen molar-refractivity contribution in [2.45, 2.75) is 20.3 Å². The summed E-state index contributed by atoms with van der Waals surface area (Å²) in [4.78, 5) is 28.8. The number of carbonyl (C=O) groups excluding carboxylic acids is 1. The van der Waals surface area contributed by atoms with Crippen LogP contribution in [-0.2, 0) is 11.2 Å². The molecule has 0 aliphatic rings. The highest BCUT2D eigenvalue weighted by Gasteiger charge is 2.21. The average molecular weight is 453 g/mol.